The van der Waals surface area contributed by atoms with Gasteiger partial charge in [0, 0.05) is 24.7 Å². The number of morpholine rings is 1. The summed E-state index contributed by atoms with van der Waals surface area (Å²) in [7, 11) is -3.52. The number of rotatable bonds is 7. The van der Waals surface area contributed by atoms with Gasteiger partial charge in [0.15, 0.2) is 0 Å². The molecule has 1 heterocycles. The summed E-state index contributed by atoms with van der Waals surface area (Å²) in [4.78, 5) is 12.5. The zero-order chi connectivity index (χ0) is 18.4. The normalized spacial score (nSPS) is 17.4. The summed E-state index contributed by atoms with van der Waals surface area (Å²) >= 11 is 0. The molecule has 7 heteroatoms. The first-order chi connectivity index (χ1) is 11.8. The second kappa shape index (κ2) is 8.78. The van der Waals surface area contributed by atoms with E-state index in [1.54, 1.807) is 12.1 Å². The highest BCUT2D eigenvalue weighted by atomic mass is 32.2. The first-order valence-electron chi connectivity index (χ1n) is 8.79. The molecule has 0 aromatic heterocycles. The van der Waals surface area contributed by atoms with Crippen molar-refractivity contribution >= 4 is 15.9 Å². The largest absolute Gasteiger partial charge is 0.379 e. The lowest BCUT2D eigenvalue weighted by Gasteiger charge is -2.26. The van der Waals surface area contributed by atoms with Crippen LogP contribution in [0.25, 0.3) is 0 Å². The van der Waals surface area contributed by atoms with Crippen LogP contribution in [-0.2, 0) is 14.8 Å². The Kier molecular flexibility index (Phi) is 6.98. The molecule has 1 atom stereocenters. The lowest BCUT2D eigenvalue weighted by Crippen LogP contribution is -2.40. The molecule has 1 N–H and O–H groups in total. The van der Waals surface area contributed by atoms with Crippen LogP contribution in [0, 0.1) is 5.92 Å². The van der Waals surface area contributed by atoms with Gasteiger partial charge in [-0.15, -0.1) is 0 Å². The standard InChI is InChI=1S/C18H28N2O4S/c1-14(2)4-5-15(3)19-18(21)16-6-8-17(9-7-16)25(22,23)20-10-12-24-13-11-20/h6-9,14-15H,4-5,10-13H2,1-3H3,(H,19,21). The molecular weight excluding hydrogens is 340 g/mol. The molecule has 25 heavy (non-hydrogen) atoms. The van der Waals surface area contributed by atoms with Crippen LogP contribution in [0.3, 0.4) is 0 Å². The van der Waals surface area contributed by atoms with Crippen molar-refractivity contribution in [3.8, 4) is 0 Å². The average Bonchev–Trinajstić information content (AvgIpc) is 2.61. The molecule has 1 amide bonds. The molecule has 2 rings (SSSR count). The molecule has 1 aliphatic heterocycles. The van der Waals surface area contributed by atoms with E-state index in [0.717, 1.165) is 12.8 Å². The third-order valence-corrected chi connectivity index (χ3v) is 6.19. The van der Waals surface area contributed by atoms with Gasteiger partial charge in [-0.05, 0) is 49.9 Å². The molecule has 1 unspecified atom stereocenters. The summed E-state index contributed by atoms with van der Waals surface area (Å²) in [6.45, 7) is 7.83. The minimum Gasteiger partial charge on any atom is -0.379 e. The van der Waals surface area contributed by atoms with Crippen LogP contribution in [0.2, 0.25) is 0 Å². The van der Waals surface area contributed by atoms with E-state index in [2.05, 4.69) is 19.2 Å². The van der Waals surface area contributed by atoms with Crippen molar-refractivity contribution in [2.75, 3.05) is 26.3 Å². The topological polar surface area (TPSA) is 75.7 Å². The van der Waals surface area contributed by atoms with E-state index in [9.17, 15) is 13.2 Å². The minimum atomic E-state index is -3.52. The fraction of sp³-hybridized carbons (Fsp3) is 0.611. The molecule has 1 saturated heterocycles. The second-order valence-electron chi connectivity index (χ2n) is 6.89. The van der Waals surface area contributed by atoms with Gasteiger partial charge in [0.2, 0.25) is 10.0 Å². The monoisotopic (exact) mass is 368 g/mol. The van der Waals surface area contributed by atoms with Crippen molar-refractivity contribution in [1.29, 1.82) is 0 Å². The van der Waals surface area contributed by atoms with Gasteiger partial charge in [0.05, 0.1) is 18.1 Å². The maximum Gasteiger partial charge on any atom is 0.251 e. The molecule has 6 nitrogen and oxygen atoms in total. The molecule has 0 radical (unpaired) electrons. The molecular formula is C18H28N2O4S. The number of benzene rings is 1. The number of hydrogen-bond donors (Lipinski definition) is 1. The van der Waals surface area contributed by atoms with Crippen LogP contribution in [0.5, 0.6) is 0 Å². The van der Waals surface area contributed by atoms with Gasteiger partial charge in [0.1, 0.15) is 0 Å². The average molecular weight is 368 g/mol. The van der Waals surface area contributed by atoms with Crippen molar-refractivity contribution in [3.63, 3.8) is 0 Å². The highest BCUT2D eigenvalue weighted by Crippen LogP contribution is 2.18. The van der Waals surface area contributed by atoms with E-state index in [-0.39, 0.29) is 16.8 Å². The van der Waals surface area contributed by atoms with Crippen LogP contribution >= 0.6 is 0 Å². The Labute approximate surface area is 150 Å². The maximum absolute atomic E-state index is 12.6. The molecule has 140 valence electrons. The first kappa shape index (κ1) is 19.9. The quantitative estimate of drug-likeness (QED) is 0.801. The van der Waals surface area contributed by atoms with Gasteiger partial charge in [-0.2, -0.15) is 4.31 Å². The van der Waals surface area contributed by atoms with E-state index in [1.807, 2.05) is 6.92 Å². The third-order valence-electron chi connectivity index (χ3n) is 4.28. The fourth-order valence-corrected chi connectivity index (χ4v) is 4.08. The Bertz CT molecular complexity index is 665. The van der Waals surface area contributed by atoms with E-state index in [4.69, 9.17) is 4.74 Å². The Morgan fingerprint density at radius 1 is 1.12 bits per heavy atom. The van der Waals surface area contributed by atoms with Crippen LogP contribution in [0.1, 0.15) is 44.0 Å². The number of amides is 1. The highest BCUT2D eigenvalue weighted by molar-refractivity contribution is 7.89. The van der Waals surface area contributed by atoms with Crippen LogP contribution in [0.15, 0.2) is 29.2 Å². The van der Waals surface area contributed by atoms with Crippen LogP contribution < -0.4 is 5.32 Å². The first-order valence-corrected chi connectivity index (χ1v) is 10.2. The van der Waals surface area contributed by atoms with Gasteiger partial charge in [0.25, 0.3) is 5.91 Å². The van der Waals surface area contributed by atoms with Crippen molar-refractivity contribution < 1.29 is 17.9 Å². The van der Waals surface area contributed by atoms with E-state index < -0.39 is 10.0 Å². The Morgan fingerprint density at radius 2 is 1.72 bits per heavy atom. The zero-order valence-corrected chi connectivity index (χ0v) is 16.0. The molecule has 0 spiro atoms. The van der Waals surface area contributed by atoms with Gasteiger partial charge in [-0.25, -0.2) is 8.42 Å². The van der Waals surface area contributed by atoms with Crippen molar-refractivity contribution in [2.45, 2.75) is 44.6 Å². The highest BCUT2D eigenvalue weighted by Gasteiger charge is 2.26. The SMILES string of the molecule is CC(C)CCC(C)NC(=O)c1ccc(S(=O)(=O)N2CCOCC2)cc1. The van der Waals surface area contributed by atoms with Gasteiger partial charge >= 0.3 is 0 Å². The summed E-state index contributed by atoms with van der Waals surface area (Å²) in [6.07, 6.45) is 1.98. The number of carbonyl (C=O) groups excluding carboxylic acids is 1. The number of nitrogens with one attached hydrogen (secondary N) is 1. The van der Waals surface area contributed by atoms with Crippen molar-refractivity contribution in [2.24, 2.45) is 5.92 Å². The number of ether oxygens (including phenoxy) is 1. The second-order valence-corrected chi connectivity index (χ2v) is 8.82. The number of carbonyl (C=O) groups is 1. The van der Waals surface area contributed by atoms with Gasteiger partial charge in [-0.1, -0.05) is 13.8 Å². The maximum atomic E-state index is 12.6. The van der Waals surface area contributed by atoms with Crippen molar-refractivity contribution in [3.05, 3.63) is 29.8 Å². The zero-order valence-electron chi connectivity index (χ0n) is 15.2. The van der Waals surface area contributed by atoms with Gasteiger partial charge < -0.3 is 10.1 Å². The third kappa shape index (κ3) is 5.52. The van der Waals surface area contributed by atoms with E-state index >= 15 is 0 Å². The van der Waals surface area contributed by atoms with Gasteiger partial charge in [-0.3, -0.25) is 4.79 Å². The minimum absolute atomic E-state index is 0.0895. The fourth-order valence-electron chi connectivity index (χ4n) is 2.68. The molecule has 1 fully saturated rings. The summed E-state index contributed by atoms with van der Waals surface area (Å²) < 4.78 is 31.7. The summed E-state index contributed by atoms with van der Waals surface area (Å²) in [5, 5.41) is 2.96. The predicted octanol–water partition coefficient (Wildman–Crippen LogP) is 2.26. The lowest BCUT2D eigenvalue weighted by atomic mass is 10.0. The van der Waals surface area contributed by atoms with Crippen molar-refractivity contribution in [1.82, 2.24) is 9.62 Å². The van der Waals surface area contributed by atoms with E-state index in [1.165, 1.54) is 16.4 Å². The Balaban J connectivity index is 2.00. The predicted molar refractivity (Wildman–Crippen MR) is 97.0 cm³/mol. The molecule has 0 saturated carbocycles. The molecule has 0 bridgehead atoms. The molecule has 0 aliphatic carbocycles. The molecule has 1 aromatic carbocycles. The van der Waals surface area contributed by atoms with Crippen LogP contribution in [-0.4, -0.2) is 51.0 Å². The Hall–Kier alpha value is -1.44. The molecule has 1 aromatic rings. The Morgan fingerprint density at radius 3 is 2.28 bits per heavy atom. The number of hydrogen-bond acceptors (Lipinski definition) is 4. The molecule has 1 aliphatic rings. The number of nitrogens with zero attached hydrogens (tertiary/aromatic N) is 1. The lowest BCUT2D eigenvalue weighted by molar-refractivity contribution is 0.0730. The smallest absolute Gasteiger partial charge is 0.251 e. The summed E-state index contributed by atoms with van der Waals surface area (Å²) in [6, 6.07) is 6.22. The summed E-state index contributed by atoms with van der Waals surface area (Å²) in [5.41, 5.74) is 0.470. The number of sulfonamides is 1. The van der Waals surface area contributed by atoms with Crippen LogP contribution in [0.4, 0.5) is 0 Å². The van der Waals surface area contributed by atoms with E-state index in [0.29, 0.717) is 37.8 Å². The summed E-state index contributed by atoms with van der Waals surface area (Å²) in [5.74, 6) is 0.426.